The summed E-state index contributed by atoms with van der Waals surface area (Å²) >= 11 is 0. The molecule has 76 heavy (non-hydrogen) atoms. The Bertz CT molecular complexity index is 3150. The van der Waals surface area contributed by atoms with Crippen LogP contribution in [0.3, 0.4) is 0 Å². The molecule has 4 N–H and O–H groups in total. The Labute approximate surface area is 446 Å². The summed E-state index contributed by atoms with van der Waals surface area (Å²) in [5, 5.41) is 15.9. The number of benzene rings is 3. The number of likely N-dealkylation sites (tertiary alicyclic amines) is 1. The van der Waals surface area contributed by atoms with E-state index < -0.39 is 21.7 Å². The molecule has 2 aliphatic heterocycles. The minimum Gasteiger partial charge on any atom is -0.629 e. The van der Waals surface area contributed by atoms with Crippen LogP contribution in [0.15, 0.2) is 90.1 Å². The number of amides is 1. The lowest BCUT2D eigenvalue weighted by Gasteiger charge is -2.48. The Hall–Kier alpha value is -6.31. The zero-order chi connectivity index (χ0) is 53.3. The number of hydrogen-bond acceptors (Lipinski definition) is 13. The average Bonchev–Trinajstić information content (AvgIpc) is 4.22. The number of nitrogens with one attached hydrogen (secondary N) is 4. The monoisotopic (exact) mass is 1060 g/mol. The fourth-order valence-electron chi connectivity index (χ4n) is 11.7. The van der Waals surface area contributed by atoms with E-state index in [1.165, 1.54) is 73.6 Å². The first kappa shape index (κ1) is 53.1. The molecule has 0 radical (unpaired) electrons. The van der Waals surface area contributed by atoms with Crippen LogP contribution in [0.1, 0.15) is 116 Å². The molecule has 18 heteroatoms. The molecular formula is C58H72FN9O7S. The van der Waals surface area contributed by atoms with E-state index in [9.17, 15) is 22.8 Å². The van der Waals surface area contributed by atoms with Gasteiger partial charge in [0, 0.05) is 94.4 Å². The third kappa shape index (κ3) is 11.7. The highest BCUT2D eigenvalue weighted by molar-refractivity contribution is 7.90. The molecule has 404 valence electrons. The fourth-order valence-corrected chi connectivity index (χ4v) is 12.7. The zero-order valence-corrected chi connectivity index (χ0v) is 45.4. The maximum Gasteiger partial charge on any atom is 0.268 e. The van der Waals surface area contributed by atoms with Gasteiger partial charge in [0.25, 0.3) is 21.8 Å². The van der Waals surface area contributed by atoms with Crippen LogP contribution in [0.25, 0.3) is 11.0 Å². The third-order valence-corrected chi connectivity index (χ3v) is 17.5. The molecule has 4 aliphatic rings. The van der Waals surface area contributed by atoms with Gasteiger partial charge in [-0.3, -0.25) is 14.6 Å². The second-order valence-electron chi connectivity index (χ2n) is 21.7. The van der Waals surface area contributed by atoms with E-state index in [0.717, 1.165) is 82.5 Å². The van der Waals surface area contributed by atoms with Gasteiger partial charge in [0.2, 0.25) is 0 Å². The van der Waals surface area contributed by atoms with Crippen molar-refractivity contribution in [1.29, 1.82) is 0 Å². The van der Waals surface area contributed by atoms with Crippen molar-refractivity contribution in [3.63, 3.8) is 0 Å². The van der Waals surface area contributed by atoms with Gasteiger partial charge in [0.15, 0.2) is 17.3 Å². The van der Waals surface area contributed by atoms with Crippen LogP contribution in [-0.2, 0) is 16.6 Å². The number of aromatic nitrogens is 3. The molecule has 5 heterocycles. The SMILES string of the molecule is COc1cc(CN2CCC(N3CCN(c4ccc(C(=O)NS(=O)(=O)c5cnc(NC[C@H]6CC[C@@H](C)CC6)c([NH+](C)[O-])c5)c(Oc5cc6c(F)c[nH]c6nc5OC)c4)CC3)C(c3ccccc3C(C)C)C2)ccc1C1CC1. The predicted molar refractivity (Wildman–Crippen MR) is 293 cm³/mol. The lowest BCUT2D eigenvalue weighted by atomic mass is 9.80. The Morgan fingerprint density at radius 3 is 2.39 bits per heavy atom. The molecule has 3 aromatic carbocycles. The van der Waals surface area contributed by atoms with Crippen molar-refractivity contribution >= 4 is 44.2 Å². The van der Waals surface area contributed by atoms with E-state index in [0.29, 0.717) is 55.2 Å². The Balaban J connectivity index is 0.888. The van der Waals surface area contributed by atoms with E-state index in [-0.39, 0.29) is 55.5 Å². The van der Waals surface area contributed by atoms with Crippen LogP contribution < -0.4 is 34.2 Å². The highest BCUT2D eigenvalue weighted by Gasteiger charge is 2.38. The van der Waals surface area contributed by atoms with Crippen molar-refractivity contribution in [2.24, 2.45) is 11.8 Å². The normalized spacial score (nSPS) is 21.1. The van der Waals surface area contributed by atoms with Crippen LogP contribution in [0.2, 0.25) is 0 Å². The van der Waals surface area contributed by atoms with Gasteiger partial charge >= 0.3 is 0 Å². The van der Waals surface area contributed by atoms with Crippen molar-refractivity contribution in [2.75, 3.05) is 77.3 Å². The number of aromatic amines is 1. The first-order chi connectivity index (χ1) is 36.7. The summed E-state index contributed by atoms with van der Waals surface area (Å²) in [6, 6.07) is 23.7. The molecule has 3 unspecified atom stereocenters. The average molecular weight is 1060 g/mol. The van der Waals surface area contributed by atoms with E-state index in [2.05, 4.69) is 103 Å². The van der Waals surface area contributed by atoms with Gasteiger partial charge in [-0.1, -0.05) is 70.0 Å². The van der Waals surface area contributed by atoms with Crippen molar-refractivity contribution < 1.29 is 36.9 Å². The van der Waals surface area contributed by atoms with E-state index >= 15 is 0 Å². The zero-order valence-electron chi connectivity index (χ0n) is 44.5. The number of pyridine rings is 2. The van der Waals surface area contributed by atoms with Crippen molar-refractivity contribution in [3.05, 3.63) is 124 Å². The van der Waals surface area contributed by atoms with Crippen molar-refractivity contribution in [3.8, 4) is 23.1 Å². The Morgan fingerprint density at radius 2 is 1.67 bits per heavy atom. The number of H-pyrrole nitrogens is 1. The summed E-state index contributed by atoms with van der Waals surface area (Å²) in [6.07, 6.45) is 10.2. The number of ether oxygens (including phenoxy) is 3. The predicted octanol–water partition coefficient (Wildman–Crippen LogP) is 9.09. The number of halogens is 1. The Kier molecular flexibility index (Phi) is 15.9. The van der Waals surface area contributed by atoms with Gasteiger partial charge in [-0.25, -0.2) is 22.5 Å². The number of sulfonamides is 1. The van der Waals surface area contributed by atoms with Crippen molar-refractivity contribution in [2.45, 2.75) is 101 Å². The van der Waals surface area contributed by atoms with Gasteiger partial charge in [0.1, 0.15) is 27.9 Å². The molecule has 0 bridgehead atoms. The minimum absolute atomic E-state index is 0.000227. The minimum atomic E-state index is -4.57. The van der Waals surface area contributed by atoms with Crippen LogP contribution in [-0.4, -0.2) is 112 Å². The van der Waals surface area contributed by atoms with Crippen LogP contribution in [0, 0.1) is 22.9 Å². The summed E-state index contributed by atoms with van der Waals surface area (Å²) in [7, 11) is -0.0395. The van der Waals surface area contributed by atoms with Gasteiger partial charge in [0.05, 0.1) is 38.4 Å². The first-order valence-corrected chi connectivity index (χ1v) is 28.5. The molecule has 3 aromatic heterocycles. The molecule has 1 amide bonds. The maximum atomic E-state index is 15.0. The number of quaternary nitrogens is 1. The van der Waals surface area contributed by atoms with Gasteiger partial charge < -0.3 is 39.7 Å². The molecule has 16 nitrogen and oxygen atoms in total. The number of hydroxylamine groups is 1. The summed E-state index contributed by atoms with van der Waals surface area (Å²) in [5.41, 5.74) is 6.34. The van der Waals surface area contributed by atoms with Gasteiger partial charge in [-0.05, 0) is 96.2 Å². The number of hydrogen-bond donors (Lipinski definition) is 4. The highest BCUT2D eigenvalue weighted by Crippen LogP contribution is 2.45. The van der Waals surface area contributed by atoms with E-state index in [1.54, 1.807) is 19.2 Å². The summed E-state index contributed by atoms with van der Waals surface area (Å²) in [5.74, 6) is 2.15. The van der Waals surface area contributed by atoms with Crippen LogP contribution >= 0.6 is 0 Å². The second kappa shape index (κ2) is 22.7. The lowest BCUT2D eigenvalue weighted by Crippen LogP contribution is -2.98. The van der Waals surface area contributed by atoms with Crippen LogP contribution in [0.5, 0.6) is 23.1 Å². The summed E-state index contributed by atoms with van der Waals surface area (Å²) in [4.78, 5) is 33.0. The molecule has 3 atom stereocenters. The number of carbonyl (C=O) groups excluding carboxylic acids is 1. The first-order valence-electron chi connectivity index (χ1n) is 27.0. The number of piperazine rings is 1. The van der Waals surface area contributed by atoms with Crippen molar-refractivity contribution in [1.82, 2.24) is 29.5 Å². The van der Waals surface area contributed by atoms with E-state index in [4.69, 9.17) is 14.2 Å². The molecule has 10 rings (SSSR count). The standard InChI is InChI=1S/C58H72FN9O7S/c1-36(2)43-9-7-8-10-45(43)48-35-66(34-39-15-19-44(40-16-17-40)52(27-39)73-5)22-21-50(48)68-25-23-67(24-26-68)41-18-20-46(53(28-41)75-54-30-47-49(59)33-62-55(47)63-58(54)74-6)57(69)64-76(71,72)42-29-51(65(4)70)56(61-32-42)60-31-38-13-11-37(3)12-14-38/h7-10,15,18-20,27-30,32-33,36-38,40,48,50,65H,11-14,16-17,21-26,31,34-35H2,1-6H3,(H,60,61)(H,62,63)(H,64,69)/t37-,38+,48?,50?. The largest absolute Gasteiger partial charge is 0.629 e. The topological polar surface area (TPSA) is 182 Å². The molecule has 2 saturated carbocycles. The molecule has 2 aliphatic carbocycles. The Morgan fingerprint density at radius 1 is 0.895 bits per heavy atom. The summed E-state index contributed by atoms with van der Waals surface area (Å²) in [6.45, 7) is 13.1. The highest BCUT2D eigenvalue weighted by atomic mass is 32.2. The van der Waals surface area contributed by atoms with Crippen LogP contribution in [0.4, 0.5) is 21.6 Å². The maximum absolute atomic E-state index is 15.0. The summed E-state index contributed by atoms with van der Waals surface area (Å²) < 4.78 is 63.1. The molecule has 4 fully saturated rings. The third-order valence-electron chi connectivity index (χ3n) is 16.2. The quantitative estimate of drug-likeness (QED) is 0.0599. The molecule has 2 saturated heterocycles. The second-order valence-corrected chi connectivity index (χ2v) is 23.4. The number of fused-ring (bicyclic) bond motifs is 1. The van der Waals surface area contributed by atoms with Gasteiger partial charge in [-0.2, -0.15) is 4.98 Å². The lowest BCUT2D eigenvalue weighted by molar-refractivity contribution is -0.751. The molecular weight excluding hydrogens is 986 g/mol. The number of rotatable bonds is 18. The number of nitrogens with zero attached hydrogens (tertiary/aromatic N) is 5. The molecule has 0 spiro atoms. The van der Waals surface area contributed by atoms with Gasteiger partial charge in [-0.15, -0.1) is 0 Å². The molecule has 6 aromatic rings. The van der Waals surface area contributed by atoms with E-state index in [1.807, 2.05) is 0 Å². The number of anilines is 2. The fraction of sp³-hybridized carbons (Fsp3) is 0.466. The number of piperidine rings is 1. The number of carbonyl (C=O) groups is 1. The number of methoxy groups -OCH3 is 2. The smallest absolute Gasteiger partial charge is 0.268 e.